The average Bonchev–Trinajstić information content (AvgIpc) is 3.21. The minimum Gasteiger partial charge on any atom is -0.314 e. The summed E-state index contributed by atoms with van der Waals surface area (Å²) in [6.07, 6.45) is 5.49. The van der Waals surface area contributed by atoms with Crippen LogP contribution in [0.4, 0.5) is 0 Å². The van der Waals surface area contributed by atoms with Crippen LogP contribution < -0.4 is 10.0 Å². The maximum absolute atomic E-state index is 11.8. The van der Waals surface area contributed by atoms with E-state index in [1.54, 1.807) is 6.20 Å². The summed E-state index contributed by atoms with van der Waals surface area (Å²) >= 11 is 0. The summed E-state index contributed by atoms with van der Waals surface area (Å²) in [5, 5.41) is 3.36. The Hall–Kier alpha value is -0.980. The van der Waals surface area contributed by atoms with Gasteiger partial charge in [-0.3, -0.25) is 4.98 Å². The van der Waals surface area contributed by atoms with Crippen molar-refractivity contribution in [1.82, 2.24) is 15.0 Å². The lowest BCUT2D eigenvalue weighted by Crippen LogP contribution is -2.30. The number of aryl methyl sites for hydroxylation is 1. The summed E-state index contributed by atoms with van der Waals surface area (Å²) in [6.45, 7) is 1.39. The van der Waals surface area contributed by atoms with E-state index < -0.39 is 10.0 Å². The van der Waals surface area contributed by atoms with Crippen LogP contribution in [0.25, 0.3) is 0 Å². The van der Waals surface area contributed by atoms with E-state index in [4.69, 9.17) is 0 Å². The van der Waals surface area contributed by atoms with E-state index in [9.17, 15) is 8.42 Å². The van der Waals surface area contributed by atoms with Gasteiger partial charge in [-0.2, -0.15) is 0 Å². The second-order valence-electron chi connectivity index (χ2n) is 4.87. The third kappa shape index (κ3) is 6.13. The molecule has 0 saturated heterocycles. The van der Waals surface area contributed by atoms with Crippen molar-refractivity contribution in [3.05, 3.63) is 30.1 Å². The topological polar surface area (TPSA) is 71.1 Å². The fourth-order valence-corrected chi connectivity index (χ4v) is 2.84. The Morgan fingerprint density at radius 3 is 2.79 bits per heavy atom. The number of pyridine rings is 1. The van der Waals surface area contributed by atoms with Crippen LogP contribution in [0.5, 0.6) is 0 Å². The largest absolute Gasteiger partial charge is 0.314 e. The van der Waals surface area contributed by atoms with E-state index in [1.807, 2.05) is 18.2 Å². The van der Waals surface area contributed by atoms with Gasteiger partial charge in [-0.1, -0.05) is 6.07 Å². The van der Waals surface area contributed by atoms with Crippen molar-refractivity contribution in [2.75, 3.05) is 18.8 Å². The number of rotatable bonds is 9. The van der Waals surface area contributed by atoms with Gasteiger partial charge >= 0.3 is 0 Å². The van der Waals surface area contributed by atoms with Gasteiger partial charge in [0.1, 0.15) is 0 Å². The van der Waals surface area contributed by atoms with Crippen molar-refractivity contribution in [1.29, 1.82) is 0 Å². The van der Waals surface area contributed by atoms with Crippen LogP contribution in [0, 0.1) is 0 Å². The molecule has 1 heterocycles. The molecular formula is C13H21N3O2S. The first-order chi connectivity index (χ1) is 9.16. The molecule has 19 heavy (non-hydrogen) atoms. The Morgan fingerprint density at radius 2 is 2.11 bits per heavy atom. The number of aromatic nitrogens is 1. The second kappa shape index (κ2) is 6.98. The highest BCUT2D eigenvalue weighted by Crippen LogP contribution is 2.18. The molecular weight excluding hydrogens is 262 g/mol. The van der Waals surface area contributed by atoms with Gasteiger partial charge in [0.05, 0.1) is 5.75 Å². The predicted octanol–water partition coefficient (Wildman–Crippen LogP) is 0.686. The monoisotopic (exact) mass is 283 g/mol. The molecule has 1 aliphatic rings. The standard InChI is InChI=1S/C13H21N3O2S/c17-19(18,11-7-12-4-1-2-8-14-12)16-10-3-9-15-13-5-6-13/h1-2,4,8,13,15-16H,3,5-7,9-11H2. The van der Waals surface area contributed by atoms with Crippen molar-refractivity contribution in [3.63, 3.8) is 0 Å². The van der Waals surface area contributed by atoms with Gasteiger partial charge in [0.2, 0.25) is 10.0 Å². The lowest BCUT2D eigenvalue weighted by atomic mass is 10.3. The van der Waals surface area contributed by atoms with E-state index in [1.165, 1.54) is 12.8 Å². The molecule has 1 aromatic rings. The minimum absolute atomic E-state index is 0.0973. The van der Waals surface area contributed by atoms with Crippen LogP contribution in [0.15, 0.2) is 24.4 Å². The molecule has 6 heteroatoms. The van der Waals surface area contributed by atoms with E-state index in [0.717, 1.165) is 18.7 Å². The van der Waals surface area contributed by atoms with Crippen LogP contribution >= 0.6 is 0 Å². The predicted molar refractivity (Wildman–Crippen MR) is 75.4 cm³/mol. The third-order valence-corrected chi connectivity index (χ3v) is 4.42. The van der Waals surface area contributed by atoms with Crippen LogP contribution in [0.2, 0.25) is 0 Å². The maximum atomic E-state index is 11.8. The molecule has 2 N–H and O–H groups in total. The first kappa shape index (κ1) is 14.4. The summed E-state index contributed by atoms with van der Waals surface area (Å²) in [7, 11) is -3.18. The van der Waals surface area contributed by atoms with Crippen molar-refractivity contribution in [2.24, 2.45) is 0 Å². The molecule has 0 atom stereocenters. The molecule has 1 aromatic heterocycles. The molecule has 0 spiro atoms. The molecule has 2 rings (SSSR count). The average molecular weight is 283 g/mol. The fraction of sp³-hybridized carbons (Fsp3) is 0.615. The first-order valence-corrected chi connectivity index (χ1v) is 8.41. The molecule has 0 bridgehead atoms. The van der Waals surface area contributed by atoms with Gasteiger partial charge in [-0.05, 0) is 37.9 Å². The molecule has 0 unspecified atom stereocenters. The number of hydrogen-bond acceptors (Lipinski definition) is 4. The van der Waals surface area contributed by atoms with Gasteiger partial charge in [0.15, 0.2) is 0 Å². The van der Waals surface area contributed by atoms with E-state index in [2.05, 4.69) is 15.0 Å². The maximum Gasteiger partial charge on any atom is 0.211 e. The molecule has 1 fully saturated rings. The highest BCUT2D eigenvalue weighted by atomic mass is 32.2. The summed E-state index contributed by atoms with van der Waals surface area (Å²) in [5.74, 6) is 0.0973. The Balaban J connectivity index is 1.60. The zero-order valence-electron chi connectivity index (χ0n) is 11.0. The quantitative estimate of drug-likeness (QED) is 0.654. The molecule has 0 aliphatic heterocycles. The fourth-order valence-electron chi connectivity index (χ4n) is 1.77. The van der Waals surface area contributed by atoms with Gasteiger partial charge in [0, 0.05) is 30.9 Å². The highest BCUT2D eigenvalue weighted by Gasteiger charge is 2.19. The molecule has 0 amide bonds. The van der Waals surface area contributed by atoms with Gasteiger partial charge < -0.3 is 5.32 Å². The summed E-state index contributed by atoms with van der Waals surface area (Å²) < 4.78 is 26.1. The minimum atomic E-state index is -3.18. The normalized spacial score (nSPS) is 15.6. The van der Waals surface area contributed by atoms with Crippen LogP contribution in [0.1, 0.15) is 25.0 Å². The summed E-state index contributed by atoms with van der Waals surface area (Å²) in [4.78, 5) is 4.12. The lowest BCUT2D eigenvalue weighted by Gasteiger charge is -2.07. The van der Waals surface area contributed by atoms with E-state index in [-0.39, 0.29) is 5.75 Å². The smallest absolute Gasteiger partial charge is 0.211 e. The van der Waals surface area contributed by atoms with Crippen molar-refractivity contribution in [3.8, 4) is 0 Å². The Morgan fingerprint density at radius 1 is 1.26 bits per heavy atom. The molecule has 1 saturated carbocycles. The van der Waals surface area contributed by atoms with Crippen molar-refractivity contribution < 1.29 is 8.42 Å². The third-order valence-electron chi connectivity index (χ3n) is 3.04. The number of nitrogens with one attached hydrogen (secondary N) is 2. The Bertz CT molecular complexity index is 472. The van der Waals surface area contributed by atoms with Crippen LogP contribution in [-0.2, 0) is 16.4 Å². The van der Waals surface area contributed by atoms with Gasteiger partial charge in [-0.15, -0.1) is 0 Å². The van der Waals surface area contributed by atoms with Crippen molar-refractivity contribution >= 4 is 10.0 Å². The molecule has 106 valence electrons. The molecule has 0 radical (unpaired) electrons. The molecule has 1 aliphatic carbocycles. The lowest BCUT2D eigenvalue weighted by molar-refractivity contribution is 0.572. The van der Waals surface area contributed by atoms with E-state index >= 15 is 0 Å². The molecule has 5 nitrogen and oxygen atoms in total. The van der Waals surface area contributed by atoms with Crippen LogP contribution in [-0.4, -0.2) is 38.3 Å². The van der Waals surface area contributed by atoms with E-state index in [0.29, 0.717) is 19.0 Å². The Labute approximate surface area is 114 Å². The van der Waals surface area contributed by atoms with Crippen LogP contribution in [0.3, 0.4) is 0 Å². The Kier molecular flexibility index (Phi) is 5.30. The first-order valence-electron chi connectivity index (χ1n) is 6.76. The summed E-state index contributed by atoms with van der Waals surface area (Å²) in [5.41, 5.74) is 0.809. The van der Waals surface area contributed by atoms with Gasteiger partial charge in [0.25, 0.3) is 0 Å². The zero-order valence-corrected chi connectivity index (χ0v) is 11.8. The number of sulfonamides is 1. The van der Waals surface area contributed by atoms with Gasteiger partial charge in [-0.25, -0.2) is 13.1 Å². The number of hydrogen-bond donors (Lipinski definition) is 2. The SMILES string of the molecule is O=S(=O)(CCc1ccccn1)NCCCNC1CC1. The molecule has 0 aromatic carbocycles. The zero-order chi connectivity index (χ0) is 13.6. The highest BCUT2D eigenvalue weighted by molar-refractivity contribution is 7.89. The summed E-state index contributed by atoms with van der Waals surface area (Å²) in [6, 6.07) is 6.21. The second-order valence-corrected chi connectivity index (χ2v) is 6.79. The number of nitrogens with zero attached hydrogens (tertiary/aromatic N) is 1. The van der Waals surface area contributed by atoms with Crippen molar-refractivity contribution in [2.45, 2.75) is 31.7 Å².